The van der Waals surface area contributed by atoms with E-state index in [0.717, 1.165) is 22.2 Å². The summed E-state index contributed by atoms with van der Waals surface area (Å²) in [6, 6.07) is 13.7. The second-order valence-electron chi connectivity index (χ2n) is 4.80. The van der Waals surface area contributed by atoms with Gasteiger partial charge in [0.05, 0.1) is 10.9 Å². The second kappa shape index (κ2) is 4.35. The lowest BCUT2D eigenvalue weighted by atomic mass is 10.1. The minimum Gasteiger partial charge on any atom is -0.306 e. The van der Waals surface area contributed by atoms with Gasteiger partial charge in [-0.1, -0.05) is 35.4 Å². The third kappa shape index (κ3) is 2.15. The molecule has 3 rings (SSSR count). The third-order valence-corrected chi connectivity index (χ3v) is 3.15. The van der Waals surface area contributed by atoms with Crippen LogP contribution in [0.4, 0.5) is 0 Å². The monoisotopic (exact) mass is 250 g/mol. The maximum absolute atomic E-state index is 12.1. The number of aromatic amines is 1. The molecule has 3 aromatic rings. The zero-order valence-corrected chi connectivity index (χ0v) is 10.9. The first kappa shape index (κ1) is 11.7. The van der Waals surface area contributed by atoms with Crippen LogP contribution in [0.2, 0.25) is 0 Å². The van der Waals surface area contributed by atoms with Crippen molar-refractivity contribution in [2.24, 2.45) is 0 Å². The first-order valence-corrected chi connectivity index (χ1v) is 6.21. The van der Waals surface area contributed by atoms with Crippen LogP contribution in [0.25, 0.3) is 22.3 Å². The Bertz CT molecular complexity index is 818. The quantitative estimate of drug-likeness (QED) is 0.720. The lowest BCUT2D eigenvalue weighted by Crippen LogP contribution is -2.09. The Morgan fingerprint density at radius 2 is 1.79 bits per heavy atom. The van der Waals surface area contributed by atoms with Crippen LogP contribution < -0.4 is 5.56 Å². The van der Waals surface area contributed by atoms with Crippen LogP contribution in [0.15, 0.2) is 47.3 Å². The van der Waals surface area contributed by atoms with Crippen LogP contribution in [0.1, 0.15) is 11.1 Å². The Balaban J connectivity index is 2.27. The number of H-pyrrole nitrogens is 1. The van der Waals surface area contributed by atoms with E-state index in [1.54, 1.807) is 0 Å². The predicted molar refractivity (Wildman–Crippen MR) is 77.3 cm³/mol. The molecule has 2 aromatic carbocycles. The van der Waals surface area contributed by atoms with Crippen molar-refractivity contribution in [1.29, 1.82) is 0 Å². The summed E-state index contributed by atoms with van der Waals surface area (Å²) >= 11 is 0. The summed E-state index contributed by atoms with van der Waals surface area (Å²) in [6.07, 6.45) is 0. The van der Waals surface area contributed by atoms with E-state index < -0.39 is 0 Å². The van der Waals surface area contributed by atoms with Crippen molar-refractivity contribution in [2.75, 3.05) is 0 Å². The van der Waals surface area contributed by atoms with Crippen LogP contribution in [-0.2, 0) is 0 Å². The average molecular weight is 250 g/mol. The molecule has 19 heavy (non-hydrogen) atoms. The van der Waals surface area contributed by atoms with E-state index in [4.69, 9.17) is 0 Å². The smallest absolute Gasteiger partial charge is 0.259 e. The largest absolute Gasteiger partial charge is 0.306 e. The van der Waals surface area contributed by atoms with Crippen molar-refractivity contribution in [3.8, 4) is 11.4 Å². The normalized spacial score (nSPS) is 10.8. The van der Waals surface area contributed by atoms with Crippen molar-refractivity contribution in [3.63, 3.8) is 0 Å². The molecule has 1 aromatic heterocycles. The molecule has 0 aliphatic carbocycles. The zero-order valence-electron chi connectivity index (χ0n) is 10.9. The number of nitrogens with one attached hydrogen (secondary N) is 1. The number of aryl methyl sites for hydroxylation is 2. The van der Waals surface area contributed by atoms with Gasteiger partial charge in [-0.05, 0) is 32.0 Å². The van der Waals surface area contributed by atoms with Gasteiger partial charge in [-0.3, -0.25) is 4.79 Å². The molecule has 1 N–H and O–H groups in total. The van der Waals surface area contributed by atoms with E-state index in [1.807, 2.05) is 56.3 Å². The van der Waals surface area contributed by atoms with Crippen LogP contribution in [0.3, 0.4) is 0 Å². The molecule has 0 spiro atoms. The molecule has 0 bridgehead atoms. The maximum atomic E-state index is 12.1. The van der Waals surface area contributed by atoms with Gasteiger partial charge >= 0.3 is 0 Å². The summed E-state index contributed by atoms with van der Waals surface area (Å²) < 4.78 is 0. The highest BCUT2D eigenvalue weighted by Gasteiger charge is 2.06. The van der Waals surface area contributed by atoms with E-state index in [0.29, 0.717) is 11.2 Å². The van der Waals surface area contributed by atoms with Crippen molar-refractivity contribution >= 4 is 10.9 Å². The fraction of sp³-hybridized carbons (Fsp3) is 0.125. The zero-order chi connectivity index (χ0) is 13.4. The highest BCUT2D eigenvalue weighted by atomic mass is 16.1. The molecule has 3 nitrogen and oxygen atoms in total. The molecule has 94 valence electrons. The minimum atomic E-state index is -0.0924. The lowest BCUT2D eigenvalue weighted by molar-refractivity contribution is 1.17. The highest BCUT2D eigenvalue weighted by Crippen LogP contribution is 2.17. The molecule has 0 amide bonds. The number of hydrogen-bond donors (Lipinski definition) is 1. The summed E-state index contributed by atoms with van der Waals surface area (Å²) in [5.74, 6) is 0.616. The first-order valence-electron chi connectivity index (χ1n) is 6.21. The van der Waals surface area contributed by atoms with E-state index in [1.165, 1.54) is 0 Å². The Kier molecular flexibility index (Phi) is 2.67. The third-order valence-electron chi connectivity index (χ3n) is 3.15. The van der Waals surface area contributed by atoms with Crippen molar-refractivity contribution in [3.05, 3.63) is 63.9 Å². The molecule has 0 atom stereocenters. The number of nitrogens with zero attached hydrogens (tertiary/aromatic N) is 1. The fourth-order valence-electron chi connectivity index (χ4n) is 2.18. The second-order valence-corrected chi connectivity index (χ2v) is 4.80. The van der Waals surface area contributed by atoms with E-state index >= 15 is 0 Å². The van der Waals surface area contributed by atoms with Crippen LogP contribution in [0.5, 0.6) is 0 Å². The molecular weight excluding hydrogens is 236 g/mol. The summed E-state index contributed by atoms with van der Waals surface area (Å²) in [6.45, 7) is 3.99. The number of aromatic nitrogens is 2. The number of fused-ring (bicyclic) bond motifs is 1. The Morgan fingerprint density at radius 3 is 2.58 bits per heavy atom. The molecule has 0 aliphatic heterocycles. The van der Waals surface area contributed by atoms with Gasteiger partial charge in [-0.2, -0.15) is 0 Å². The molecule has 3 heteroatoms. The standard InChI is InChI=1S/C16H14N2O/c1-10-4-3-5-12(8-10)15-17-14-7-6-11(2)9-13(14)16(19)18-15/h3-9H,1-2H3,(H,17,18,19). The van der Waals surface area contributed by atoms with Crippen molar-refractivity contribution < 1.29 is 0 Å². The van der Waals surface area contributed by atoms with E-state index in [9.17, 15) is 4.79 Å². The maximum Gasteiger partial charge on any atom is 0.259 e. The Morgan fingerprint density at radius 1 is 1.00 bits per heavy atom. The van der Waals surface area contributed by atoms with Gasteiger partial charge in [0.25, 0.3) is 5.56 Å². The molecule has 0 unspecified atom stereocenters. The Labute approximate surface area is 111 Å². The van der Waals surface area contributed by atoms with Gasteiger partial charge in [0.15, 0.2) is 0 Å². The fourth-order valence-corrected chi connectivity index (χ4v) is 2.18. The van der Waals surface area contributed by atoms with Crippen LogP contribution in [-0.4, -0.2) is 9.97 Å². The average Bonchev–Trinajstić information content (AvgIpc) is 2.39. The van der Waals surface area contributed by atoms with E-state index in [2.05, 4.69) is 9.97 Å². The Hall–Kier alpha value is -2.42. The molecular formula is C16H14N2O. The van der Waals surface area contributed by atoms with Gasteiger partial charge < -0.3 is 4.98 Å². The molecule has 1 heterocycles. The highest BCUT2D eigenvalue weighted by molar-refractivity contribution is 5.80. The molecule has 0 radical (unpaired) electrons. The van der Waals surface area contributed by atoms with Gasteiger partial charge in [0, 0.05) is 5.56 Å². The number of rotatable bonds is 1. The minimum absolute atomic E-state index is 0.0924. The van der Waals surface area contributed by atoms with Gasteiger partial charge in [-0.15, -0.1) is 0 Å². The van der Waals surface area contributed by atoms with Gasteiger partial charge in [0.1, 0.15) is 5.82 Å². The topological polar surface area (TPSA) is 45.8 Å². The molecule has 0 aliphatic rings. The SMILES string of the molecule is Cc1cccc(-c2nc3ccc(C)cc3c(=O)[nH]2)c1. The first-order chi connectivity index (χ1) is 9.13. The van der Waals surface area contributed by atoms with Crippen molar-refractivity contribution in [2.45, 2.75) is 13.8 Å². The summed E-state index contributed by atoms with van der Waals surface area (Å²) in [5, 5.41) is 0.636. The van der Waals surface area contributed by atoms with E-state index in [-0.39, 0.29) is 5.56 Å². The number of hydrogen-bond acceptors (Lipinski definition) is 2. The van der Waals surface area contributed by atoms with Crippen molar-refractivity contribution in [1.82, 2.24) is 9.97 Å². The van der Waals surface area contributed by atoms with Gasteiger partial charge in [0.2, 0.25) is 0 Å². The molecule has 0 saturated carbocycles. The summed E-state index contributed by atoms with van der Waals surface area (Å²) in [4.78, 5) is 19.5. The van der Waals surface area contributed by atoms with Crippen LogP contribution >= 0.6 is 0 Å². The number of benzene rings is 2. The summed E-state index contributed by atoms with van der Waals surface area (Å²) in [7, 11) is 0. The lowest BCUT2D eigenvalue weighted by Gasteiger charge is -2.04. The predicted octanol–water partition coefficient (Wildman–Crippen LogP) is 3.21. The van der Waals surface area contributed by atoms with Crippen LogP contribution in [0, 0.1) is 13.8 Å². The van der Waals surface area contributed by atoms with Gasteiger partial charge in [-0.25, -0.2) is 4.98 Å². The summed E-state index contributed by atoms with van der Waals surface area (Å²) in [5.41, 5.74) is 3.77. The molecule has 0 fully saturated rings. The molecule has 0 saturated heterocycles.